The first-order valence-electron chi connectivity index (χ1n) is 7.60. The number of nitrogens with one attached hydrogen (secondary N) is 2. The standard InChI is InChI=1S/C17H14ClFN4OS/c1-9-13(16-20-4-6-24-16)14(11-3-2-10(19)8-12(11)18)23-15(22-9)17-21-5-7-25-17/h2-8,14,16,20H,1H3,(H,22,23)/t14-,16?/m0/s1. The van der Waals surface area contributed by atoms with Gasteiger partial charge in [-0.25, -0.2) is 9.37 Å². The number of amidine groups is 1. The van der Waals surface area contributed by atoms with Crippen LogP contribution >= 0.6 is 22.9 Å². The average molecular weight is 377 g/mol. The van der Waals surface area contributed by atoms with Crippen molar-refractivity contribution in [3.8, 4) is 0 Å². The van der Waals surface area contributed by atoms with Crippen LogP contribution in [0.3, 0.4) is 0 Å². The summed E-state index contributed by atoms with van der Waals surface area (Å²) >= 11 is 7.80. The van der Waals surface area contributed by atoms with Crippen LogP contribution in [-0.2, 0) is 4.74 Å². The number of hydrogen-bond donors (Lipinski definition) is 2. The van der Waals surface area contributed by atoms with Crippen LogP contribution in [0.5, 0.6) is 0 Å². The molecule has 2 aromatic rings. The number of allylic oxidation sites excluding steroid dienone is 1. The first kappa shape index (κ1) is 16.1. The van der Waals surface area contributed by atoms with Crippen LogP contribution in [-0.4, -0.2) is 17.0 Å². The zero-order chi connectivity index (χ0) is 17.4. The maximum Gasteiger partial charge on any atom is 0.195 e. The van der Waals surface area contributed by atoms with Crippen LogP contribution in [0, 0.1) is 5.82 Å². The predicted octanol–water partition coefficient (Wildman–Crippen LogP) is 3.72. The summed E-state index contributed by atoms with van der Waals surface area (Å²) in [6.45, 7) is 1.95. The van der Waals surface area contributed by atoms with E-state index in [0.717, 1.165) is 16.3 Å². The molecule has 0 bridgehead atoms. The lowest BCUT2D eigenvalue weighted by Gasteiger charge is -2.30. The topological polar surface area (TPSA) is 58.5 Å². The van der Waals surface area contributed by atoms with E-state index in [1.807, 2.05) is 12.3 Å². The fourth-order valence-corrected chi connectivity index (χ4v) is 3.74. The predicted molar refractivity (Wildman–Crippen MR) is 95.8 cm³/mol. The lowest BCUT2D eigenvalue weighted by atomic mass is 9.94. The first-order valence-corrected chi connectivity index (χ1v) is 8.86. The van der Waals surface area contributed by atoms with Gasteiger partial charge in [0.2, 0.25) is 0 Å². The maximum absolute atomic E-state index is 13.5. The Morgan fingerprint density at radius 1 is 1.36 bits per heavy atom. The third kappa shape index (κ3) is 3.01. The first-order chi connectivity index (χ1) is 12.1. The number of aromatic nitrogens is 1. The summed E-state index contributed by atoms with van der Waals surface area (Å²) in [6, 6.07) is 3.93. The zero-order valence-corrected chi connectivity index (χ0v) is 14.7. The monoisotopic (exact) mass is 376 g/mol. The highest BCUT2D eigenvalue weighted by molar-refractivity contribution is 7.11. The van der Waals surface area contributed by atoms with Gasteiger partial charge in [-0.3, -0.25) is 4.99 Å². The van der Waals surface area contributed by atoms with Gasteiger partial charge in [-0.15, -0.1) is 11.3 Å². The molecule has 3 heterocycles. The van der Waals surface area contributed by atoms with E-state index in [-0.39, 0.29) is 12.0 Å². The molecule has 0 saturated carbocycles. The lowest BCUT2D eigenvalue weighted by Crippen LogP contribution is -2.36. The molecule has 2 aliphatic rings. The highest BCUT2D eigenvalue weighted by Gasteiger charge is 2.33. The fourth-order valence-electron chi connectivity index (χ4n) is 2.88. The Morgan fingerprint density at radius 3 is 2.92 bits per heavy atom. The zero-order valence-electron chi connectivity index (χ0n) is 13.2. The average Bonchev–Trinajstić information content (AvgIpc) is 3.28. The van der Waals surface area contributed by atoms with Gasteiger partial charge in [-0.1, -0.05) is 17.7 Å². The number of hydrogen-bond acceptors (Lipinski definition) is 6. The van der Waals surface area contributed by atoms with Gasteiger partial charge in [-0.2, -0.15) is 0 Å². The van der Waals surface area contributed by atoms with Crippen LogP contribution in [0.4, 0.5) is 4.39 Å². The van der Waals surface area contributed by atoms with Gasteiger partial charge < -0.3 is 15.4 Å². The van der Waals surface area contributed by atoms with E-state index in [2.05, 4.69) is 15.6 Å². The summed E-state index contributed by atoms with van der Waals surface area (Å²) in [4.78, 5) is 9.11. The van der Waals surface area contributed by atoms with E-state index in [0.29, 0.717) is 16.4 Å². The Bertz CT molecular complexity index is 886. The molecule has 0 amide bonds. The molecular weight excluding hydrogens is 363 g/mol. The van der Waals surface area contributed by atoms with E-state index < -0.39 is 6.04 Å². The van der Waals surface area contributed by atoms with E-state index >= 15 is 0 Å². The highest BCUT2D eigenvalue weighted by Crippen LogP contribution is 2.38. The van der Waals surface area contributed by atoms with Gasteiger partial charge in [0.1, 0.15) is 18.1 Å². The SMILES string of the molecule is CC1=C(C2NC=CO2)[C@H](c2ccc(F)cc2Cl)N=C(c2nccs2)N1. The molecule has 2 aliphatic heterocycles. The van der Waals surface area contributed by atoms with Crippen molar-refractivity contribution >= 4 is 28.8 Å². The van der Waals surface area contributed by atoms with Gasteiger partial charge in [0, 0.05) is 34.1 Å². The lowest BCUT2D eigenvalue weighted by molar-refractivity contribution is 0.177. The van der Waals surface area contributed by atoms with E-state index in [1.165, 1.54) is 23.5 Å². The van der Waals surface area contributed by atoms with E-state index in [9.17, 15) is 4.39 Å². The molecule has 2 atom stereocenters. The molecule has 128 valence electrons. The van der Waals surface area contributed by atoms with Crippen molar-refractivity contribution in [1.82, 2.24) is 15.6 Å². The number of aliphatic imine (C=N–C) groups is 1. The minimum atomic E-state index is -0.411. The Labute approximate surface area is 152 Å². The second kappa shape index (κ2) is 6.50. The van der Waals surface area contributed by atoms with Crippen molar-refractivity contribution in [1.29, 1.82) is 0 Å². The molecule has 0 aliphatic carbocycles. The van der Waals surface area contributed by atoms with E-state index in [4.69, 9.17) is 21.3 Å². The number of thiazole rings is 1. The number of benzene rings is 1. The second-order valence-corrected chi connectivity index (χ2v) is 6.88. The van der Waals surface area contributed by atoms with Crippen molar-refractivity contribution in [2.24, 2.45) is 4.99 Å². The van der Waals surface area contributed by atoms with E-state index in [1.54, 1.807) is 24.7 Å². The summed E-state index contributed by atoms with van der Waals surface area (Å²) in [6.07, 6.45) is 4.69. The van der Waals surface area contributed by atoms with Crippen LogP contribution < -0.4 is 10.6 Å². The summed E-state index contributed by atoms with van der Waals surface area (Å²) in [5.74, 6) is 0.276. The number of nitrogens with zero attached hydrogens (tertiary/aromatic N) is 2. The van der Waals surface area contributed by atoms with Crippen molar-refractivity contribution in [2.45, 2.75) is 19.2 Å². The number of ether oxygens (including phenoxy) is 1. The molecule has 1 aromatic heterocycles. The van der Waals surface area contributed by atoms with Crippen molar-refractivity contribution in [2.75, 3.05) is 0 Å². The molecule has 1 aromatic carbocycles. The molecule has 0 radical (unpaired) electrons. The van der Waals surface area contributed by atoms with Crippen LogP contribution in [0.1, 0.15) is 23.5 Å². The van der Waals surface area contributed by atoms with Gasteiger partial charge in [0.25, 0.3) is 0 Å². The van der Waals surface area contributed by atoms with Crippen molar-refractivity contribution < 1.29 is 9.13 Å². The molecule has 8 heteroatoms. The third-order valence-electron chi connectivity index (χ3n) is 4.00. The van der Waals surface area contributed by atoms with Gasteiger partial charge >= 0.3 is 0 Å². The molecule has 4 rings (SSSR count). The van der Waals surface area contributed by atoms with Gasteiger partial charge in [0.05, 0.1) is 0 Å². The molecule has 2 N–H and O–H groups in total. The summed E-state index contributed by atoms with van der Waals surface area (Å²) in [5, 5.41) is 9.42. The Balaban J connectivity index is 1.81. The van der Waals surface area contributed by atoms with Crippen molar-refractivity contribution in [3.05, 3.63) is 74.9 Å². The van der Waals surface area contributed by atoms with Crippen LogP contribution in [0.25, 0.3) is 0 Å². The normalized spacial score (nSPS) is 22.3. The molecular formula is C17H14ClFN4OS. The Morgan fingerprint density at radius 2 is 2.24 bits per heavy atom. The summed E-state index contributed by atoms with van der Waals surface area (Å²) < 4.78 is 19.1. The van der Waals surface area contributed by atoms with Crippen LogP contribution in [0.15, 0.2) is 58.5 Å². The molecule has 5 nitrogen and oxygen atoms in total. The molecule has 25 heavy (non-hydrogen) atoms. The Hall–Kier alpha value is -2.38. The van der Waals surface area contributed by atoms with Gasteiger partial charge in [0.15, 0.2) is 17.1 Å². The summed E-state index contributed by atoms with van der Waals surface area (Å²) in [7, 11) is 0. The third-order valence-corrected chi connectivity index (χ3v) is 5.10. The minimum absolute atomic E-state index is 0.324. The van der Waals surface area contributed by atoms with Crippen LogP contribution in [0.2, 0.25) is 5.02 Å². The molecule has 0 saturated heterocycles. The largest absolute Gasteiger partial charge is 0.473 e. The highest BCUT2D eigenvalue weighted by atomic mass is 35.5. The molecule has 0 spiro atoms. The minimum Gasteiger partial charge on any atom is -0.473 e. The number of rotatable bonds is 3. The smallest absolute Gasteiger partial charge is 0.195 e. The summed E-state index contributed by atoms with van der Waals surface area (Å²) in [5.41, 5.74) is 2.50. The molecule has 1 unspecified atom stereocenters. The van der Waals surface area contributed by atoms with Crippen molar-refractivity contribution in [3.63, 3.8) is 0 Å². The van der Waals surface area contributed by atoms with Gasteiger partial charge in [-0.05, 0) is 24.6 Å². The number of halogens is 2. The second-order valence-electron chi connectivity index (χ2n) is 5.57. The maximum atomic E-state index is 13.5. The fraction of sp³-hybridized carbons (Fsp3) is 0.176. The Kier molecular flexibility index (Phi) is 4.19. The quantitative estimate of drug-likeness (QED) is 0.857. The molecule has 0 fully saturated rings.